The topological polar surface area (TPSA) is 38.0 Å². The molecule has 2 rings (SSSR count). The first-order chi connectivity index (χ1) is 7.25. The van der Waals surface area contributed by atoms with Gasteiger partial charge in [0, 0.05) is 17.5 Å². The fourth-order valence-corrected chi connectivity index (χ4v) is 3.15. The molecule has 1 aromatic rings. The van der Waals surface area contributed by atoms with Crippen LogP contribution in [0.1, 0.15) is 29.7 Å². The van der Waals surface area contributed by atoms with Crippen molar-refractivity contribution in [3.05, 3.63) is 21.9 Å². The van der Waals surface area contributed by atoms with Crippen molar-refractivity contribution in [3.63, 3.8) is 0 Å². The maximum atomic E-state index is 5.89. The van der Waals surface area contributed by atoms with Crippen molar-refractivity contribution >= 4 is 11.3 Å². The van der Waals surface area contributed by atoms with Gasteiger partial charge in [-0.25, -0.2) is 0 Å². The van der Waals surface area contributed by atoms with E-state index >= 15 is 0 Å². The average Bonchev–Trinajstić information content (AvgIpc) is 2.77. The Balaban J connectivity index is 1.69. The standard InChI is InChI=1S/C12H20N2S/c1-9-4-5-15-12(9)8-14-7-10-2-3-11(13)6-10/h4-5,10-11,14H,2-3,6-8,13H2,1H3. The van der Waals surface area contributed by atoms with E-state index < -0.39 is 0 Å². The van der Waals surface area contributed by atoms with E-state index in [4.69, 9.17) is 5.73 Å². The molecule has 1 aromatic heterocycles. The number of thiophene rings is 1. The number of hydrogen-bond donors (Lipinski definition) is 2. The summed E-state index contributed by atoms with van der Waals surface area (Å²) in [6.45, 7) is 4.33. The molecule has 0 amide bonds. The van der Waals surface area contributed by atoms with Crippen LogP contribution < -0.4 is 11.1 Å². The van der Waals surface area contributed by atoms with Crippen LogP contribution in [0.4, 0.5) is 0 Å². The van der Waals surface area contributed by atoms with Gasteiger partial charge in [-0.3, -0.25) is 0 Å². The lowest BCUT2D eigenvalue weighted by atomic mass is 10.1. The van der Waals surface area contributed by atoms with Crippen LogP contribution in [0.5, 0.6) is 0 Å². The largest absolute Gasteiger partial charge is 0.328 e. The van der Waals surface area contributed by atoms with Gasteiger partial charge in [0.15, 0.2) is 0 Å². The van der Waals surface area contributed by atoms with Gasteiger partial charge in [0.25, 0.3) is 0 Å². The third-order valence-electron chi connectivity index (χ3n) is 3.27. The molecule has 0 bridgehead atoms. The highest BCUT2D eigenvalue weighted by Gasteiger charge is 2.20. The van der Waals surface area contributed by atoms with Crippen LogP contribution in [0, 0.1) is 12.8 Å². The lowest BCUT2D eigenvalue weighted by Crippen LogP contribution is -2.22. The lowest BCUT2D eigenvalue weighted by molar-refractivity contribution is 0.483. The molecule has 0 spiro atoms. The molecule has 1 heterocycles. The van der Waals surface area contributed by atoms with E-state index in [0.29, 0.717) is 6.04 Å². The SMILES string of the molecule is Cc1ccsc1CNCC1CCC(N)C1. The van der Waals surface area contributed by atoms with Crippen molar-refractivity contribution in [2.75, 3.05) is 6.54 Å². The molecule has 0 aromatic carbocycles. The van der Waals surface area contributed by atoms with E-state index in [2.05, 4.69) is 23.7 Å². The fraction of sp³-hybridized carbons (Fsp3) is 0.667. The fourth-order valence-electron chi connectivity index (χ4n) is 2.27. The molecule has 84 valence electrons. The zero-order valence-electron chi connectivity index (χ0n) is 9.33. The molecule has 1 fully saturated rings. The molecule has 2 unspecified atom stereocenters. The van der Waals surface area contributed by atoms with Gasteiger partial charge in [0.1, 0.15) is 0 Å². The van der Waals surface area contributed by atoms with E-state index in [1.165, 1.54) is 29.7 Å². The molecule has 1 saturated carbocycles. The number of aryl methyl sites for hydroxylation is 1. The molecule has 3 N–H and O–H groups in total. The van der Waals surface area contributed by atoms with Crippen LogP contribution in [0.15, 0.2) is 11.4 Å². The Kier molecular flexibility index (Phi) is 3.78. The Morgan fingerprint density at radius 3 is 3.00 bits per heavy atom. The van der Waals surface area contributed by atoms with Crippen LogP contribution >= 0.6 is 11.3 Å². The lowest BCUT2D eigenvalue weighted by Gasteiger charge is -2.10. The monoisotopic (exact) mass is 224 g/mol. The predicted molar refractivity (Wildman–Crippen MR) is 66.1 cm³/mol. The maximum Gasteiger partial charge on any atom is 0.0302 e. The predicted octanol–water partition coefficient (Wildman–Crippen LogP) is 2.27. The first-order valence-corrected chi connectivity index (χ1v) is 6.63. The van der Waals surface area contributed by atoms with Crippen molar-refractivity contribution in [2.45, 2.75) is 38.8 Å². The Hall–Kier alpha value is -0.380. The summed E-state index contributed by atoms with van der Waals surface area (Å²) in [5.41, 5.74) is 7.30. The Morgan fingerprint density at radius 1 is 1.53 bits per heavy atom. The van der Waals surface area contributed by atoms with E-state index in [-0.39, 0.29) is 0 Å². The molecule has 0 radical (unpaired) electrons. The van der Waals surface area contributed by atoms with Crippen LogP contribution in [-0.2, 0) is 6.54 Å². The first kappa shape index (κ1) is 11.1. The zero-order chi connectivity index (χ0) is 10.7. The summed E-state index contributed by atoms with van der Waals surface area (Å²) in [6, 6.07) is 2.65. The summed E-state index contributed by atoms with van der Waals surface area (Å²) in [5.74, 6) is 0.806. The van der Waals surface area contributed by atoms with E-state index in [1.54, 1.807) is 0 Å². The molecule has 3 heteroatoms. The normalized spacial score (nSPS) is 26.0. The van der Waals surface area contributed by atoms with Gasteiger partial charge in [0.2, 0.25) is 0 Å². The van der Waals surface area contributed by atoms with Crippen molar-refractivity contribution < 1.29 is 0 Å². The number of nitrogens with two attached hydrogens (primary N) is 1. The van der Waals surface area contributed by atoms with Gasteiger partial charge in [-0.15, -0.1) is 11.3 Å². The van der Waals surface area contributed by atoms with Crippen molar-refractivity contribution in [2.24, 2.45) is 11.7 Å². The molecule has 0 aliphatic heterocycles. The summed E-state index contributed by atoms with van der Waals surface area (Å²) in [6.07, 6.45) is 3.72. The minimum absolute atomic E-state index is 0.459. The highest BCUT2D eigenvalue weighted by Crippen LogP contribution is 2.23. The molecule has 1 aliphatic carbocycles. The molecule has 2 nitrogen and oxygen atoms in total. The van der Waals surface area contributed by atoms with Crippen molar-refractivity contribution in [3.8, 4) is 0 Å². The Bertz CT molecular complexity index is 308. The van der Waals surface area contributed by atoms with Crippen LogP contribution in [-0.4, -0.2) is 12.6 Å². The Morgan fingerprint density at radius 2 is 2.40 bits per heavy atom. The number of nitrogens with one attached hydrogen (secondary N) is 1. The molecule has 0 saturated heterocycles. The molecular weight excluding hydrogens is 204 g/mol. The van der Waals surface area contributed by atoms with Crippen LogP contribution in [0.25, 0.3) is 0 Å². The Labute approximate surface area is 95.9 Å². The average molecular weight is 224 g/mol. The van der Waals surface area contributed by atoms with Gasteiger partial charge in [0.05, 0.1) is 0 Å². The number of rotatable bonds is 4. The molecular formula is C12H20N2S. The third kappa shape index (κ3) is 3.03. The van der Waals surface area contributed by atoms with Gasteiger partial charge in [-0.1, -0.05) is 0 Å². The van der Waals surface area contributed by atoms with E-state index in [1.807, 2.05) is 11.3 Å². The van der Waals surface area contributed by atoms with Gasteiger partial charge < -0.3 is 11.1 Å². The van der Waals surface area contributed by atoms with Crippen molar-refractivity contribution in [1.29, 1.82) is 0 Å². The first-order valence-electron chi connectivity index (χ1n) is 5.75. The second-order valence-electron chi connectivity index (χ2n) is 4.60. The second-order valence-corrected chi connectivity index (χ2v) is 5.60. The summed E-state index contributed by atoms with van der Waals surface area (Å²) < 4.78 is 0. The summed E-state index contributed by atoms with van der Waals surface area (Å²) in [4.78, 5) is 1.47. The molecule has 1 aliphatic rings. The summed E-state index contributed by atoms with van der Waals surface area (Å²) in [5, 5.41) is 5.71. The van der Waals surface area contributed by atoms with Gasteiger partial charge in [-0.05, 0) is 55.7 Å². The summed E-state index contributed by atoms with van der Waals surface area (Å²) >= 11 is 1.85. The summed E-state index contributed by atoms with van der Waals surface area (Å²) in [7, 11) is 0. The minimum atomic E-state index is 0.459. The molecule has 15 heavy (non-hydrogen) atoms. The quantitative estimate of drug-likeness (QED) is 0.823. The van der Waals surface area contributed by atoms with E-state index in [9.17, 15) is 0 Å². The second kappa shape index (κ2) is 5.10. The smallest absolute Gasteiger partial charge is 0.0302 e. The minimum Gasteiger partial charge on any atom is -0.328 e. The van der Waals surface area contributed by atoms with Crippen LogP contribution in [0.2, 0.25) is 0 Å². The van der Waals surface area contributed by atoms with E-state index in [0.717, 1.165) is 19.0 Å². The number of hydrogen-bond acceptors (Lipinski definition) is 3. The zero-order valence-corrected chi connectivity index (χ0v) is 10.1. The molecule has 2 atom stereocenters. The van der Waals surface area contributed by atoms with Crippen molar-refractivity contribution in [1.82, 2.24) is 5.32 Å². The maximum absolute atomic E-state index is 5.89. The van der Waals surface area contributed by atoms with Gasteiger partial charge in [-0.2, -0.15) is 0 Å². The van der Waals surface area contributed by atoms with Gasteiger partial charge >= 0.3 is 0 Å². The highest BCUT2D eigenvalue weighted by atomic mass is 32.1. The highest BCUT2D eigenvalue weighted by molar-refractivity contribution is 7.10. The van der Waals surface area contributed by atoms with Crippen LogP contribution in [0.3, 0.4) is 0 Å². The third-order valence-corrected chi connectivity index (χ3v) is 4.29.